The molecule has 0 aromatic carbocycles. The van der Waals surface area contributed by atoms with Gasteiger partial charge in [-0.3, -0.25) is 9.59 Å². The van der Waals surface area contributed by atoms with Gasteiger partial charge in [0, 0.05) is 0 Å². The third-order valence-corrected chi connectivity index (χ3v) is 6.74. The minimum absolute atomic E-state index is 0.0669. The largest absolute Gasteiger partial charge is 0.393 e. The zero-order valence-corrected chi connectivity index (χ0v) is 12.5. The van der Waals surface area contributed by atoms with Gasteiger partial charge in [-0.1, -0.05) is 6.92 Å². The lowest BCUT2D eigenvalue weighted by atomic mass is 9.54. The first-order valence-electron chi connectivity index (χ1n) is 8.19. The molecule has 4 rings (SSSR count). The van der Waals surface area contributed by atoms with Crippen molar-refractivity contribution in [1.29, 1.82) is 0 Å². The summed E-state index contributed by atoms with van der Waals surface area (Å²) < 4.78 is 0. The fraction of sp³-hybridized carbons (Fsp3) is 0.667. The van der Waals surface area contributed by atoms with Gasteiger partial charge in [0.05, 0.1) is 6.10 Å². The summed E-state index contributed by atoms with van der Waals surface area (Å²) in [6.07, 6.45) is 9.14. The fourth-order valence-electron chi connectivity index (χ4n) is 5.55. The molecule has 0 spiro atoms. The first-order valence-corrected chi connectivity index (χ1v) is 8.19. The molecule has 5 atom stereocenters. The van der Waals surface area contributed by atoms with Crippen LogP contribution in [0.4, 0.5) is 0 Å². The first-order chi connectivity index (χ1) is 10.0. The monoisotopic (exact) mass is 286 g/mol. The maximum atomic E-state index is 11.8. The molecule has 3 fully saturated rings. The Bertz CT molecular complexity index is 585. The highest BCUT2D eigenvalue weighted by atomic mass is 16.3. The fourth-order valence-corrected chi connectivity index (χ4v) is 5.55. The molecular formula is C18H22O3. The van der Waals surface area contributed by atoms with Crippen LogP contribution in [0.5, 0.6) is 0 Å². The molecule has 0 radical (unpaired) electrons. The lowest BCUT2D eigenvalue weighted by molar-refractivity contribution is -0.131. The number of ketones is 2. The minimum atomic E-state index is -0.357. The Kier molecular flexibility index (Phi) is 2.81. The van der Waals surface area contributed by atoms with Gasteiger partial charge in [-0.05, 0) is 85.0 Å². The Balaban J connectivity index is 1.69. The number of fused-ring (bicyclic) bond motifs is 5. The summed E-state index contributed by atoms with van der Waals surface area (Å²) >= 11 is 0. The smallest absolute Gasteiger partial charge is 0.226 e. The van der Waals surface area contributed by atoms with E-state index < -0.39 is 0 Å². The number of carbonyl (C=O) groups excluding carboxylic acids is 2. The SMILES string of the molecule is C[C@]12CCC3C4=CC(=O)C(=O)C=C4CCC3C1CC[C@@H]2O. The van der Waals surface area contributed by atoms with Crippen molar-refractivity contribution in [2.24, 2.45) is 23.2 Å². The normalized spacial score (nSPS) is 45.4. The quantitative estimate of drug-likeness (QED) is 0.550. The standard InChI is InChI=1S/C18H22O3/c1-18-7-6-11-12(14(18)4-5-17(18)21)3-2-10-8-15(19)16(20)9-13(10)11/h8-9,11-12,14,17,21H,2-7H2,1H3/t11?,12?,14?,17-,18-/m0/s1. The van der Waals surface area contributed by atoms with Crippen molar-refractivity contribution >= 4 is 11.6 Å². The molecule has 0 aromatic rings. The molecule has 4 aliphatic rings. The zero-order valence-electron chi connectivity index (χ0n) is 12.5. The lowest BCUT2D eigenvalue weighted by Crippen LogP contribution is -2.45. The van der Waals surface area contributed by atoms with Crippen LogP contribution in [0, 0.1) is 23.2 Å². The van der Waals surface area contributed by atoms with Crippen LogP contribution in [0.3, 0.4) is 0 Å². The Labute approximate surface area is 125 Å². The predicted molar refractivity (Wildman–Crippen MR) is 78.5 cm³/mol. The van der Waals surface area contributed by atoms with Gasteiger partial charge in [0.1, 0.15) is 0 Å². The van der Waals surface area contributed by atoms with Crippen molar-refractivity contribution in [3.8, 4) is 0 Å². The molecule has 0 saturated heterocycles. The van der Waals surface area contributed by atoms with Crippen molar-refractivity contribution in [3.63, 3.8) is 0 Å². The molecule has 1 N–H and O–H groups in total. The van der Waals surface area contributed by atoms with Crippen LogP contribution >= 0.6 is 0 Å². The number of hydrogen-bond donors (Lipinski definition) is 1. The van der Waals surface area contributed by atoms with Gasteiger partial charge in [0.15, 0.2) is 0 Å². The minimum Gasteiger partial charge on any atom is -0.393 e. The molecule has 3 heteroatoms. The van der Waals surface area contributed by atoms with Gasteiger partial charge in [0.25, 0.3) is 0 Å². The van der Waals surface area contributed by atoms with Gasteiger partial charge < -0.3 is 5.11 Å². The Morgan fingerprint density at radius 1 is 1.10 bits per heavy atom. The molecule has 3 nitrogen and oxygen atoms in total. The van der Waals surface area contributed by atoms with Crippen molar-refractivity contribution in [2.75, 3.05) is 0 Å². The second-order valence-corrected chi connectivity index (χ2v) is 7.55. The van der Waals surface area contributed by atoms with Gasteiger partial charge in [0.2, 0.25) is 11.6 Å². The van der Waals surface area contributed by atoms with E-state index in [1.54, 1.807) is 12.2 Å². The van der Waals surface area contributed by atoms with Crippen molar-refractivity contribution in [3.05, 3.63) is 23.3 Å². The van der Waals surface area contributed by atoms with Crippen LogP contribution in [-0.4, -0.2) is 22.8 Å². The predicted octanol–water partition coefficient (Wildman–Crippen LogP) is 2.59. The third-order valence-electron chi connectivity index (χ3n) is 6.74. The highest BCUT2D eigenvalue weighted by Crippen LogP contribution is 2.60. The molecule has 0 bridgehead atoms. The van der Waals surface area contributed by atoms with E-state index in [2.05, 4.69) is 6.92 Å². The summed E-state index contributed by atoms with van der Waals surface area (Å²) in [7, 11) is 0. The van der Waals surface area contributed by atoms with E-state index >= 15 is 0 Å². The van der Waals surface area contributed by atoms with E-state index in [9.17, 15) is 14.7 Å². The Morgan fingerprint density at radius 3 is 2.67 bits per heavy atom. The molecule has 0 amide bonds. The summed E-state index contributed by atoms with van der Waals surface area (Å²) in [6, 6.07) is 0. The number of carbonyl (C=O) groups is 2. The maximum absolute atomic E-state index is 11.8. The maximum Gasteiger partial charge on any atom is 0.226 e. The van der Waals surface area contributed by atoms with E-state index in [0.717, 1.165) is 49.7 Å². The van der Waals surface area contributed by atoms with E-state index in [-0.39, 0.29) is 23.1 Å². The number of aliphatic hydroxyl groups excluding tert-OH is 1. The Morgan fingerprint density at radius 2 is 1.86 bits per heavy atom. The summed E-state index contributed by atoms with van der Waals surface area (Å²) in [6.45, 7) is 2.25. The average Bonchev–Trinajstić information content (AvgIpc) is 2.76. The van der Waals surface area contributed by atoms with Crippen LogP contribution in [0.2, 0.25) is 0 Å². The molecule has 0 heterocycles. The average molecular weight is 286 g/mol. The molecule has 3 unspecified atom stereocenters. The third kappa shape index (κ3) is 1.76. The second-order valence-electron chi connectivity index (χ2n) is 7.55. The molecule has 3 saturated carbocycles. The van der Waals surface area contributed by atoms with Gasteiger partial charge in [-0.2, -0.15) is 0 Å². The molecule has 112 valence electrons. The molecule has 0 aliphatic heterocycles. The number of hydrogen-bond acceptors (Lipinski definition) is 3. The van der Waals surface area contributed by atoms with E-state index in [4.69, 9.17) is 0 Å². The number of aliphatic hydroxyl groups is 1. The van der Waals surface area contributed by atoms with Crippen molar-refractivity contribution in [1.82, 2.24) is 0 Å². The van der Waals surface area contributed by atoms with Crippen molar-refractivity contribution in [2.45, 2.75) is 51.6 Å². The molecule has 4 aliphatic carbocycles. The van der Waals surface area contributed by atoms with Crippen LogP contribution in [0.25, 0.3) is 0 Å². The van der Waals surface area contributed by atoms with E-state index in [0.29, 0.717) is 17.8 Å². The van der Waals surface area contributed by atoms with Crippen LogP contribution < -0.4 is 0 Å². The summed E-state index contributed by atoms with van der Waals surface area (Å²) in [5.41, 5.74) is 2.31. The lowest BCUT2D eigenvalue weighted by Gasteiger charge is -2.51. The number of rotatable bonds is 0. The van der Waals surface area contributed by atoms with Crippen molar-refractivity contribution < 1.29 is 14.7 Å². The molecule has 0 aromatic heterocycles. The van der Waals surface area contributed by atoms with E-state index in [1.165, 1.54) is 0 Å². The topological polar surface area (TPSA) is 54.4 Å². The number of allylic oxidation sites excluding steroid dienone is 4. The van der Waals surface area contributed by atoms with Gasteiger partial charge in [-0.15, -0.1) is 0 Å². The van der Waals surface area contributed by atoms with E-state index in [1.807, 2.05) is 0 Å². The highest BCUT2D eigenvalue weighted by Gasteiger charge is 2.55. The first kappa shape index (κ1) is 13.4. The summed E-state index contributed by atoms with van der Waals surface area (Å²) in [5, 5.41) is 10.4. The second kappa shape index (κ2) is 4.39. The highest BCUT2D eigenvalue weighted by molar-refractivity contribution is 6.46. The van der Waals surface area contributed by atoms with Crippen LogP contribution in [0.15, 0.2) is 23.3 Å². The van der Waals surface area contributed by atoms with Crippen LogP contribution in [-0.2, 0) is 9.59 Å². The van der Waals surface area contributed by atoms with Gasteiger partial charge in [-0.25, -0.2) is 0 Å². The Hall–Kier alpha value is -1.22. The zero-order chi connectivity index (χ0) is 14.8. The molecule has 21 heavy (non-hydrogen) atoms. The molecular weight excluding hydrogens is 264 g/mol. The summed E-state index contributed by atoms with van der Waals surface area (Å²) in [4.78, 5) is 23.3. The van der Waals surface area contributed by atoms with Crippen LogP contribution in [0.1, 0.15) is 45.4 Å². The summed E-state index contributed by atoms with van der Waals surface area (Å²) in [5.74, 6) is 0.857. The van der Waals surface area contributed by atoms with Gasteiger partial charge >= 0.3 is 0 Å².